The maximum atomic E-state index is 13.1. The summed E-state index contributed by atoms with van der Waals surface area (Å²) in [7, 11) is 0. The number of nitrogens with zero attached hydrogens (tertiary/aromatic N) is 1. The fourth-order valence-corrected chi connectivity index (χ4v) is 4.57. The topological polar surface area (TPSA) is 106 Å². The van der Waals surface area contributed by atoms with E-state index in [4.69, 9.17) is 14.2 Å². The minimum absolute atomic E-state index is 0.0905. The molecule has 0 spiro atoms. The molecule has 2 N–H and O–H groups in total. The Labute approximate surface area is 208 Å². The third-order valence-corrected chi connectivity index (χ3v) is 6.41. The quantitative estimate of drug-likeness (QED) is 0.469. The van der Waals surface area contributed by atoms with Crippen molar-refractivity contribution in [3.8, 4) is 0 Å². The van der Waals surface area contributed by atoms with Crippen LogP contribution in [0, 0.1) is 0 Å². The predicted molar refractivity (Wildman–Crippen MR) is 129 cm³/mol. The molecule has 8 nitrogen and oxygen atoms in total. The molecule has 0 aliphatic carbocycles. The zero-order chi connectivity index (χ0) is 25.1. The van der Waals surface area contributed by atoms with Crippen LogP contribution in [0.4, 0.5) is 0 Å². The van der Waals surface area contributed by atoms with Gasteiger partial charge in [-0.1, -0.05) is 72.8 Å². The summed E-state index contributed by atoms with van der Waals surface area (Å²) in [5.74, 6) is -3.66. The smallest absolute Gasteiger partial charge is 0.265 e. The molecule has 2 aliphatic heterocycles. The Kier molecular flexibility index (Phi) is 6.95. The lowest BCUT2D eigenvalue weighted by molar-refractivity contribution is -0.348. The Morgan fingerprint density at radius 3 is 1.94 bits per heavy atom. The molecule has 0 aromatic heterocycles. The van der Waals surface area contributed by atoms with Crippen molar-refractivity contribution in [1.29, 1.82) is 0 Å². The highest BCUT2D eigenvalue weighted by Gasteiger charge is 2.56. The number of fused-ring (bicyclic) bond motifs is 1. The van der Waals surface area contributed by atoms with Gasteiger partial charge in [0.05, 0.1) is 43.5 Å². The van der Waals surface area contributed by atoms with Gasteiger partial charge in [-0.2, -0.15) is 0 Å². The van der Waals surface area contributed by atoms with Crippen molar-refractivity contribution < 1.29 is 34.0 Å². The zero-order valence-corrected chi connectivity index (χ0v) is 19.5. The number of aliphatic hydroxyl groups excluding tert-OH is 1. The third kappa shape index (κ3) is 4.82. The van der Waals surface area contributed by atoms with Gasteiger partial charge in [0.1, 0.15) is 12.2 Å². The molecular formula is C28H27NO7. The first-order valence-electron chi connectivity index (χ1n) is 11.8. The summed E-state index contributed by atoms with van der Waals surface area (Å²) in [4.78, 5) is 26.9. The van der Waals surface area contributed by atoms with E-state index in [0.29, 0.717) is 4.90 Å². The lowest BCUT2D eigenvalue weighted by Gasteiger charge is -2.46. The number of benzene rings is 3. The highest BCUT2D eigenvalue weighted by atomic mass is 16.7. The van der Waals surface area contributed by atoms with Gasteiger partial charge in [0.15, 0.2) is 0 Å². The number of imide groups is 1. The van der Waals surface area contributed by atoms with Gasteiger partial charge < -0.3 is 24.4 Å². The number of carbonyl (C=O) groups excluding carboxylic acids is 2. The second-order valence-electron chi connectivity index (χ2n) is 8.92. The van der Waals surface area contributed by atoms with E-state index in [9.17, 15) is 19.8 Å². The van der Waals surface area contributed by atoms with Gasteiger partial charge in [-0.25, -0.2) is 4.90 Å². The average molecular weight is 490 g/mol. The van der Waals surface area contributed by atoms with Gasteiger partial charge >= 0.3 is 0 Å². The van der Waals surface area contributed by atoms with Crippen LogP contribution in [0.15, 0.2) is 84.9 Å². The molecule has 186 valence electrons. The molecule has 1 fully saturated rings. The van der Waals surface area contributed by atoms with Gasteiger partial charge in [0.25, 0.3) is 17.7 Å². The SMILES string of the molecule is O=C1c2ccccc2C(=O)N1[C@]1(O)C[C@@H](OCc2ccccc2)[C@H](O)[C@@H](COCc2ccccc2)O1. The Bertz CT molecular complexity index is 1180. The van der Waals surface area contributed by atoms with E-state index in [1.54, 1.807) is 12.1 Å². The third-order valence-electron chi connectivity index (χ3n) is 6.41. The molecule has 2 aliphatic rings. The predicted octanol–water partition coefficient (Wildman–Crippen LogP) is 2.88. The van der Waals surface area contributed by atoms with Gasteiger partial charge in [-0.05, 0) is 23.3 Å². The van der Waals surface area contributed by atoms with Crippen molar-refractivity contribution in [3.05, 3.63) is 107 Å². The van der Waals surface area contributed by atoms with Gasteiger partial charge in [-0.15, -0.1) is 0 Å². The summed E-state index contributed by atoms with van der Waals surface area (Å²) in [5.41, 5.74) is 2.17. The Balaban J connectivity index is 1.37. The second-order valence-corrected chi connectivity index (χ2v) is 8.92. The Morgan fingerprint density at radius 1 is 0.833 bits per heavy atom. The van der Waals surface area contributed by atoms with Crippen molar-refractivity contribution >= 4 is 11.8 Å². The zero-order valence-electron chi connectivity index (χ0n) is 19.5. The van der Waals surface area contributed by atoms with Crippen LogP contribution in [0.3, 0.4) is 0 Å². The summed E-state index contributed by atoms with van der Waals surface area (Å²) in [5, 5.41) is 22.6. The van der Waals surface area contributed by atoms with E-state index in [0.717, 1.165) is 11.1 Å². The van der Waals surface area contributed by atoms with Crippen LogP contribution >= 0.6 is 0 Å². The summed E-state index contributed by atoms with van der Waals surface area (Å²) in [6.45, 7) is 0.333. The largest absolute Gasteiger partial charge is 0.388 e. The van der Waals surface area contributed by atoms with Crippen LogP contribution in [0.2, 0.25) is 0 Å². The fraction of sp³-hybridized carbons (Fsp3) is 0.286. The number of hydrogen-bond acceptors (Lipinski definition) is 7. The molecule has 3 aromatic carbocycles. The standard InChI is InChI=1S/C28H27NO7/c30-25-23(35-17-20-11-5-2-6-12-20)15-28(33,29-26(31)21-13-7-8-14-22(21)27(29)32)36-24(25)18-34-16-19-9-3-1-4-10-19/h1-14,23-25,30,33H,15-18H2/t23-,24-,25+,28+/m1/s1. The molecule has 36 heavy (non-hydrogen) atoms. The Morgan fingerprint density at radius 2 is 1.36 bits per heavy atom. The van der Waals surface area contributed by atoms with Crippen LogP contribution in [-0.4, -0.2) is 57.8 Å². The molecule has 5 rings (SSSR count). The van der Waals surface area contributed by atoms with Gasteiger partial charge in [-0.3, -0.25) is 9.59 Å². The number of ether oxygens (including phenoxy) is 3. The monoisotopic (exact) mass is 489 g/mol. The molecule has 3 aromatic rings. The summed E-state index contributed by atoms with van der Waals surface area (Å²) in [6.07, 6.45) is -3.47. The van der Waals surface area contributed by atoms with Gasteiger partial charge in [0, 0.05) is 0 Å². The van der Waals surface area contributed by atoms with Crippen LogP contribution in [0.5, 0.6) is 0 Å². The maximum Gasteiger partial charge on any atom is 0.265 e. The molecular weight excluding hydrogens is 462 g/mol. The van der Waals surface area contributed by atoms with Crippen molar-refractivity contribution in [2.75, 3.05) is 6.61 Å². The summed E-state index contributed by atoms with van der Waals surface area (Å²) < 4.78 is 17.6. The molecule has 4 atom stereocenters. The van der Waals surface area contributed by atoms with E-state index >= 15 is 0 Å². The van der Waals surface area contributed by atoms with Crippen molar-refractivity contribution in [2.24, 2.45) is 0 Å². The minimum atomic E-state index is -2.32. The Hall–Kier alpha value is -3.40. The first-order chi connectivity index (χ1) is 17.5. The molecule has 0 saturated carbocycles. The first kappa shape index (κ1) is 24.3. The van der Waals surface area contributed by atoms with Crippen molar-refractivity contribution in [1.82, 2.24) is 4.90 Å². The highest BCUT2D eigenvalue weighted by molar-refractivity contribution is 6.21. The number of carbonyl (C=O) groups is 2. The van der Waals surface area contributed by atoms with E-state index in [2.05, 4.69) is 0 Å². The van der Waals surface area contributed by atoms with Crippen LogP contribution in [0.1, 0.15) is 38.3 Å². The molecule has 8 heteroatoms. The highest BCUT2D eigenvalue weighted by Crippen LogP contribution is 2.37. The summed E-state index contributed by atoms with van der Waals surface area (Å²) >= 11 is 0. The van der Waals surface area contributed by atoms with E-state index in [-0.39, 0.29) is 37.4 Å². The number of rotatable bonds is 8. The molecule has 0 unspecified atom stereocenters. The summed E-state index contributed by atoms with van der Waals surface area (Å²) in [6, 6.07) is 25.2. The maximum absolute atomic E-state index is 13.1. The molecule has 0 radical (unpaired) electrons. The number of hydrogen-bond donors (Lipinski definition) is 2. The molecule has 1 saturated heterocycles. The minimum Gasteiger partial charge on any atom is -0.388 e. The lowest BCUT2D eigenvalue weighted by Crippen LogP contribution is -2.64. The van der Waals surface area contributed by atoms with Crippen molar-refractivity contribution in [2.45, 2.75) is 43.9 Å². The van der Waals surface area contributed by atoms with Crippen LogP contribution in [0.25, 0.3) is 0 Å². The number of aliphatic hydroxyl groups is 2. The van der Waals surface area contributed by atoms with Crippen LogP contribution < -0.4 is 0 Å². The van der Waals surface area contributed by atoms with Gasteiger partial charge in [0.2, 0.25) is 0 Å². The average Bonchev–Trinajstić information content (AvgIpc) is 3.17. The van der Waals surface area contributed by atoms with Crippen LogP contribution in [-0.2, 0) is 27.4 Å². The normalized spacial score (nSPS) is 25.7. The van der Waals surface area contributed by atoms with Crippen molar-refractivity contribution in [3.63, 3.8) is 0 Å². The fourth-order valence-electron chi connectivity index (χ4n) is 4.57. The van der Waals surface area contributed by atoms with E-state index < -0.39 is 36.0 Å². The van der Waals surface area contributed by atoms with E-state index in [1.165, 1.54) is 12.1 Å². The molecule has 2 heterocycles. The lowest BCUT2D eigenvalue weighted by atomic mass is 9.98. The second kappa shape index (κ2) is 10.3. The molecule has 2 amide bonds. The van der Waals surface area contributed by atoms with E-state index in [1.807, 2.05) is 60.7 Å². The number of amides is 2. The molecule has 0 bridgehead atoms. The first-order valence-corrected chi connectivity index (χ1v) is 11.8.